The van der Waals surface area contributed by atoms with Crippen LogP contribution in [0.4, 0.5) is 10.5 Å². The van der Waals surface area contributed by atoms with E-state index in [1.165, 1.54) is 5.56 Å². The third-order valence-electron chi connectivity index (χ3n) is 3.86. The highest BCUT2D eigenvalue weighted by atomic mass is 79.9. The molecule has 0 aliphatic carbocycles. The van der Waals surface area contributed by atoms with Gasteiger partial charge in [0.15, 0.2) is 0 Å². The summed E-state index contributed by atoms with van der Waals surface area (Å²) in [6, 6.07) is 15.4. The van der Waals surface area contributed by atoms with E-state index in [0.29, 0.717) is 5.02 Å². The molecule has 1 fully saturated rings. The molecular formula is C17H16BrClN2O. The summed E-state index contributed by atoms with van der Waals surface area (Å²) in [7, 11) is 0. The first-order valence-electron chi connectivity index (χ1n) is 7.22. The third-order valence-corrected chi connectivity index (χ3v) is 4.64. The first-order valence-corrected chi connectivity index (χ1v) is 8.39. The van der Waals surface area contributed by atoms with E-state index in [2.05, 4.69) is 33.4 Å². The van der Waals surface area contributed by atoms with Crippen LogP contribution in [0.2, 0.25) is 5.02 Å². The van der Waals surface area contributed by atoms with Crippen molar-refractivity contribution in [2.24, 2.45) is 0 Å². The Labute approximate surface area is 143 Å². The molecule has 1 saturated heterocycles. The topological polar surface area (TPSA) is 32.3 Å². The Hall–Kier alpha value is -1.52. The number of urea groups is 1. The Balaban J connectivity index is 1.73. The predicted molar refractivity (Wildman–Crippen MR) is 93.3 cm³/mol. The van der Waals surface area contributed by atoms with Crippen molar-refractivity contribution in [3.05, 3.63) is 63.6 Å². The molecule has 1 N–H and O–H groups in total. The maximum atomic E-state index is 12.5. The van der Waals surface area contributed by atoms with Gasteiger partial charge < -0.3 is 10.2 Å². The van der Waals surface area contributed by atoms with Gasteiger partial charge in [-0.2, -0.15) is 0 Å². The highest BCUT2D eigenvalue weighted by Gasteiger charge is 2.29. The number of anilines is 1. The van der Waals surface area contributed by atoms with Crippen LogP contribution >= 0.6 is 27.5 Å². The number of halogens is 2. The van der Waals surface area contributed by atoms with Gasteiger partial charge in [-0.15, -0.1) is 0 Å². The Bertz CT molecular complexity index is 657. The van der Waals surface area contributed by atoms with E-state index >= 15 is 0 Å². The fraction of sp³-hybridized carbons (Fsp3) is 0.235. The Morgan fingerprint density at radius 1 is 1.14 bits per heavy atom. The van der Waals surface area contributed by atoms with Gasteiger partial charge in [0.2, 0.25) is 0 Å². The second-order valence-electron chi connectivity index (χ2n) is 5.34. The SMILES string of the molecule is O=C(Nc1ccc(Cl)cc1)N1CCCC1c1ccc(Br)cc1. The van der Waals surface area contributed by atoms with Crippen LogP contribution in [0.3, 0.4) is 0 Å². The molecule has 1 unspecified atom stereocenters. The largest absolute Gasteiger partial charge is 0.322 e. The first-order chi connectivity index (χ1) is 10.6. The van der Waals surface area contributed by atoms with E-state index < -0.39 is 0 Å². The molecule has 0 bridgehead atoms. The summed E-state index contributed by atoms with van der Waals surface area (Å²) >= 11 is 9.31. The summed E-state index contributed by atoms with van der Waals surface area (Å²) in [5, 5.41) is 3.60. The zero-order chi connectivity index (χ0) is 15.5. The molecule has 5 heteroatoms. The molecule has 1 heterocycles. The lowest BCUT2D eigenvalue weighted by Gasteiger charge is -2.25. The van der Waals surface area contributed by atoms with E-state index in [1.807, 2.05) is 29.2 Å². The molecule has 0 aromatic heterocycles. The van der Waals surface area contributed by atoms with Crippen LogP contribution in [0, 0.1) is 0 Å². The lowest BCUT2D eigenvalue weighted by atomic mass is 10.1. The van der Waals surface area contributed by atoms with Crippen LogP contribution in [-0.4, -0.2) is 17.5 Å². The molecule has 0 radical (unpaired) electrons. The summed E-state index contributed by atoms with van der Waals surface area (Å²) in [5.41, 5.74) is 1.93. The van der Waals surface area contributed by atoms with Gasteiger partial charge in [0, 0.05) is 21.7 Å². The minimum atomic E-state index is -0.0623. The zero-order valence-corrected chi connectivity index (χ0v) is 14.3. The number of likely N-dealkylation sites (tertiary alicyclic amines) is 1. The number of nitrogens with one attached hydrogen (secondary N) is 1. The molecule has 3 rings (SSSR count). The quantitative estimate of drug-likeness (QED) is 0.737. The van der Waals surface area contributed by atoms with Gasteiger partial charge in [-0.25, -0.2) is 4.79 Å². The van der Waals surface area contributed by atoms with E-state index in [9.17, 15) is 4.79 Å². The molecule has 1 aliphatic heterocycles. The molecule has 2 amide bonds. The van der Waals surface area contributed by atoms with E-state index in [1.54, 1.807) is 12.1 Å². The van der Waals surface area contributed by atoms with Gasteiger partial charge >= 0.3 is 6.03 Å². The van der Waals surface area contributed by atoms with Crippen LogP contribution < -0.4 is 5.32 Å². The minimum Gasteiger partial charge on any atom is -0.317 e. The van der Waals surface area contributed by atoms with Crippen molar-refractivity contribution in [3.8, 4) is 0 Å². The third kappa shape index (κ3) is 3.45. The van der Waals surface area contributed by atoms with Crippen molar-refractivity contribution in [1.29, 1.82) is 0 Å². The highest BCUT2D eigenvalue weighted by Crippen LogP contribution is 2.33. The molecule has 114 valence electrons. The fourth-order valence-electron chi connectivity index (χ4n) is 2.77. The molecule has 2 aromatic carbocycles. The molecular weight excluding hydrogens is 364 g/mol. The van der Waals surface area contributed by atoms with Crippen molar-refractivity contribution in [2.45, 2.75) is 18.9 Å². The molecule has 1 aliphatic rings. The molecule has 22 heavy (non-hydrogen) atoms. The Kier molecular flexibility index (Phi) is 4.69. The number of nitrogens with zero attached hydrogens (tertiary/aromatic N) is 1. The molecule has 0 saturated carbocycles. The number of rotatable bonds is 2. The summed E-state index contributed by atoms with van der Waals surface area (Å²) in [5.74, 6) is 0. The number of benzene rings is 2. The van der Waals surface area contributed by atoms with E-state index in [4.69, 9.17) is 11.6 Å². The lowest BCUT2D eigenvalue weighted by Crippen LogP contribution is -2.34. The maximum Gasteiger partial charge on any atom is 0.322 e. The molecule has 3 nitrogen and oxygen atoms in total. The fourth-order valence-corrected chi connectivity index (χ4v) is 3.16. The number of hydrogen-bond donors (Lipinski definition) is 1. The number of hydrogen-bond acceptors (Lipinski definition) is 1. The minimum absolute atomic E-state index is 0.0623. The average Bonchev–Trinajstić information content (AvgIpc) is 3.00. The molecule has 0 spiro atoms. The van der Waals surface area contributed by atoms with Crippen molar-refractivity contribution in [2.75, 3.05) is 11.9 Å². The maximum absolute atomic E-state index is 12.5. The van der Waals surface area contributed by atoms with Gasteiger partial charge in [0.1, 0.15) is 0 Å². The summed E-state index contributed by atoms with van der Waals surface area (Å²) in [4.78, 5) is 14.4. The summed E-state index contributed by atoms with van der Waals surface area (Å²) in [6.07, 6.45) is 2.02. The Morgan fingerprint density at radius 2 is 1.82 bits per heavy atom. The van der Waals surface area contributed by atoms with Crippen molar-refractivity contribution < 1.29 is 4.79 Å². The lowest BCUT2D eigenvalue weighted by molar-refractivity contribution is 0.207. The standard InChI is InChI=1S/C17H16BrClN2O/c18-13-5-3-12(4-6-13)16-2-1-11-21(16)17(22)20-15-9-7-14(19)8-10-15/h3-10,16H,1-2,11H2,(H,20,22). The van der Waals surface area contributed by atoms with Gasteiger partial charge in [-0.1, -0.05) is 39.7 Å². The summed E-state index contributed by atoms with van der Waals surface area (Å²) in [6.45, 7) is 0.778. The number of carbonyl (C=O) groups excluding carboxylic acids is 1. The Morgan fingerprint density at radius 3 is 2.50 bits per heavy atom. The van der Waals surface area contributed by atoms with Crippen molar-refractivity contribution >= 4 is 39.2 Å². The van der Waals surface area contributed by atoms with E-state index in [-0.39, 0.29) is 12.1 Å². The van der Waals surface area contributed by atoms with Crippen LogP contribution in [-0.2, 0) is 0 Å². The van der Waals surface area contributed by atoms with Crippen LogP contribution in [0.15, 0.2) is 53.0 Å². The van der Waals surface area contributed by atoms with Gasteiger partial charge in [-0.05, 0) is 54.8 Å². The normalized spacial score (nSPS) is 17.5. The smallest absolute Gasteiger partial charge is 0.317 e. The second kappa shape index (κ2) is 6.71. The van der Waals surface area contributed by atoms with Crippen molar-refractivity contribution in [3.63, 3.8) is 0 Å². The monoisotopic (exact) mass is 378 g/mol. The number of carbonyl (C=O) groups is 1. The van der Waals surface area contributed by atoms with E-state index in [0.717, 1.165) is 29.5 Å². The highest BCUT2D eigenvalue weighted by molar-refractivity contribution is 9.10. The second-order valence-corrected chi connectivity index (χ2v) is 6.69. The number of amides is 2. The van der Waals surface area contributed by atoms with Crippen molar-refractivity contribution in [1.82, 2.24) is 4.90 Å². The van der Waals surface area contributed by atoms with Crippen LogP contribution in [0.5, 0.6) is 0 Å². The van der Waals surface area contributed by atoms with Crippen LogP contribution in [0.25, 0.3) is 0 Å². The molecule has 2 aromatic rings. The summed E-state index contributed by atoms with van der Waals surface area (Å²) < 4.78 is 1.05. The van der Waals surface area contributed by atoms with Crippen LogP contribution in [0.1, 0.15) is 24.4 Å². The van der Waals surface area contributed by atoms with Gasteiger partial charge in [-0.3, -0.25) is 0 Å². The predicted octanol–water partition coefficient (Wildman–Crippen LogP) is 5.47. The zero-order valence-electron chi connectivity index (χ0n) is 11.9. The first kappa shape index (κ1) is 15.4. The molecule has 1 atom stereocenters. The average molecular weight is 380 g/mol. The van der Waals surface area contributed by atoms with Gasteiger partial charge in [0.25, 0.3) is 0 Å². The van der Waals surface area contributed by atoms with Gasteiger partial charge in [0.05, 0.1) is 6.04 Å².